The third-order valence-electron chi connectivity index (χ3n) is 7.69. The predicted octanol–water partition coefficient (Wildman–Crippen LogP) is 8.55. The molecule has 1 nitrogen and oxygen atoms in total. The van der Waals surface area contributed by atoms with Gasteiger partial charge >= 0.3 is 0 Å². The van der Waals surface area contributed by atoms with Gasteiger partial charge in [-0.05, 0) is 99.7 Å². The quantitative estimate of drug-likeness (QED) is 0.308. The minimum Gasteiger partial charge on any atom is -0.192 e. The highest BCUT2D eigenvalue weighted by molar-refractivity contribution is 5.84. The maximum absolute atomic E-state index is 9.37. The van der Waals surface area contributed by atoms with Crippen LogP contribution >= 0.6 is 0 Å². The second kappa shape index (κ2) is 7.57. The summed E-state index contributed by atoms with van der Waals surface area (Å²) in [7, 11) is 0. The number of allylic oxidation sites excluding steroid dienone is 1. The highest BCUT2D eigenvalue weighted by Gasteiger charge is 2.35. The van der Waals surface area contributed by atoms with Gasteiger partial charge in [0.2, 0.25) is 0 Å². The zero-order chi connectivity index (χ0) is 23.4. The molecule has 0 spiro atoms. The van der Waals surface area contributed by atoms with Crippen LogP contribution in [0.2, 0.25) is 0 Å². The van der Waals surface area contributed by atoms with E-state index >= 15 is 0 Å². The standard InChI is InChI=1S/C33H27N/c1-21-4-6-25-11-12-26(18-28(25)16-21)23-7-9-24(10-8-23)27-13-15-30-29-14-5-22(20-34)17-31(29)33(2,3)32(30)19-27/h5,7-19H,4,6H2,1-3H3. The topological polar surface area (TPSA) is 23.8 Å². The van der Waals surface area contributed by atoms with E-state index in [1.165, 1.54) is 67.6 Å². The van der Waals surface area contributed by atoms with Crippen LogP contribution in [-0.2, 0) is 11.8 Å². The number of hydrogen-bond donors (Lipinski definition) is 0. The van der Waals surface area contributed by atoms with Gasteiger partial charge in [0.1, 0.15) is 0 Å². The van der Waals surface area contributed by atoms with Crippen molar-refractivity contribution in [2.75, 3.05) is 0 Å². The van der Waals surface area contributed by atoms with Gasteiger partial charge in [-0.1, -0.05) is 80.1 Å². The van der Waals surface area contributed by atoms with E-state index in [-0.39, 0.29) is 5.41 Å². The van der Waals surface area contributed by atoms with Crippen molar-refractivity contribution in [2.45, 2.75) is 39.0 Å². The summed E-state index contributed by atoms with van der Waals surface area (Å²) in [6.45, 7) is 6.75. The molecular weight excluding hydrogens is 410 g/mol. The Hall–Kier alpha value is -3.89. The first-order valence-corrected chi connectivity index (χ1v) is 12.0. The molecule has 0 amide bonds. The van der Waals surface area contributed by atoms with E-state index in [0.29, 0.717) is 0 Å². The maximum atomic E-state index is 9.37. The normalized spacial score (nSPS) is 15.1. The number of benzene rings is 4. The molecular formula is C33H27N. The second-order valence-corrected chi connectivity index (χ2v) is 10.2. The van der Waals surface area contributed by atoms with Gasteiger partial charge in [0.25, 0.3) is 0 Å². The van der Waals surface area contributed by atoms with Crippen LogP contribution in [0, 0.1) is 11.3 Å². The molecule has 0 aliphatic heterocycles. The zero-order valence-corrected chi connectivity index (χ0v) is 19.9. The number of hydrogen-bond acceptors (Lipinski definition) is 1. The fourth-order valence-corrected chi connectivity index (χ4v) is 5.65. The lowest BCUT2D eigenvalue weighted by Gasteiger charge is -2.22. The van der Waals surface area contributed by atoms with Crippen LogP contribution in [0.1, 0.15) is 55.0 Å². The number of fused-ring (bicyclic) bond motifs is 4. The molecule has 0 radical (unpaired) electrons. The molecule has 2 aliphatic rings. The molecule has 0 N–H and O–H groups in total. The zero-order valence-electron chi connectivity index (χ0n) is 19.9. The van der Waals surface area contributed by atoms with Crippen LogP contribution in [-0.4, -0.2) is 0 Å². The summed E-state index contributed by atoms with van der Waals surface area (Å²) in [5.41, 5.74) is 15.0. The summed E-state index contributed by atoms with van der Waals surface area (Å²) < 4.78 is 0. The smallest absolute Gasteiger partial charge is 0.0991 e. The Balaban J connectivity index is 1.35. The fraction of sp³-hybridized carbons (Fsp3) is 0.182. The molecule has 0 fully saturated rings. The average Bonchev–Trinajstić information content (AvgIpc) is 3.09. The highest BCUT2D eigenvalue weighted by atomic mass is 14.4. The molecule has 4 aromatic carbocycles. The van der Waals surface area contributed by atoms with E-state index < -0.39 is 0 Å². The van der Waals surface area contributed by atoms with Crippen LogP contribution < -0.4 is 0 Å². The van der Waals surface area contributed by atoms with Crippen molar-refractivity contribution in [1.29, 1.82) is 5.26 Å². The monoisotopic (exact) mass is 437 g/mol. The average molecular weight is 438 g/mol. The molecule has 0 saturated heterocycles. The van der Waals surface area contributed by atoms with Crippen molar-refractivity contribution in [3.05, 3.63) is 112 Å². The molecule has 0 aromatic heterocycles. The minimum atomic E-state index is -0.123. The Kier molecular flexibility index (Phi) is 4.61. The first-order chi connectivity index (χ1) is 16.4. The van der Waals surface area contributed by atoms with Crippen molar-refractivity contribution in [2.24, 2.45) is 0 Å². The number of nitrogens with zero attached hydrogens (tertiary/aromatic N) is 1. The van der Waals surface area contributed by atoms with Crippen LogP contribution in [0.25, 0.3) is 39.5 Å². The largest absolute Gasteiger partial charge is 0.192 e. The number of nitriles is 1. The van der Waals surface area contributed by atoms with Crippen molar-refractivity contribution in [3.8, 4) is 39.4 Å². The third-order valence-corrected chi connectivity index (χ3v) is 7.69. The fourth-order valence-electron chi connectivity index (χ4n) is 5.65. The highest BCUT2D eigenvalue weighted by Crippen LogP contribution is 2.49. The molecule has 0 unspecified atom stereocenters. The van der Waals surface area contributed by atoms with Crippen molar-refractivity contribution >= 4 is 6.08 Å². The van der Waals surface area contributed by atoms with Crippen molar-refractivity contribution in [1.82, 2.24) is 0 Å². The van der Waals surface area contributed by atoms with Gasteiger partial charge in [0.15, 0.2) is 0 Å². The summed E-state index contributed by atoms with van der Waals surface area (Å²) in [5, 5.41) is 9.37. The van der Waals surface area contributed by atoms with Crippen LogP contribution in [0.15, 0.2) is 84.4 Å². The first-order valence-electron chi connectivity index (χ1n) is 12.0. The number of rotatable bonds is 2. The van der Waals surface area contributed by atoms with Crippen molar-refractivity contribution < 1.29 is 0 Å². The van der Waals surface area contributed by atoms with Gasteiger partial charge < -0.3 is 0 Å². The molecule has 0 saturated carbocycles. The van der Waals surface area contributed by atoms with E-state index in [1.807, 2.05) is 6.07 Å². The molecule has 2 aliphatic carbocycles. The van der Waals surface area contributed by atoms with E-state index in [1.54, 1.807) is 0 Å². The van der Waals surface area contributed by atoms with E-state index in [9.17, 15) is 5.26 Å². The molecule has 4 aromatic rings. The maximum Gasteiger partial charge on any atom is 0.0991 e. The molecule has 164 valence electrons. The Morgan fingerprint density at radius 1 is 0.676 bits per heavy atom. The lowest BCUT2D eigenvalue weighted by atomic mass is 9.81. The lowest BCUT2D eigenvalue weighted by molar-refractivity contribution is 0.660. The summed E-state index contributed by atoms with van der Waals surface area (Å²) >= 11 is 0. The summed E-state index contributed by atoms with van der Waals surface area (Å²) in [6.07, 6.45) is 4.65. The summed E-state index contributed by atoms with van der Waals surface area (Å²) in [6, 6.07) is 31.0. The van der Waals surface area contributed by atoms with Crippen molar-refractivity contribution in [3.63, 3.8) is 0 Å². The van der Waals surface area contributed by atoms with E-state index in [0.717, 1.165) is 12.0 Å². The molecule has 6 rings (SSSR count). The van der Waals surface area contributed by atoms with Gasteiger partial charge in [-0.25, -0.2) is 0 Å². The first kappa shape index (κ1) is 20.7. The molecule has 34 heavy (non-hydrogen) atoms. The Labute approximate surface area is 202 Å². The predicted molar refractivity (Wildman–Crippen MR) is 142 cm³/mol. The van der Waals surface area contributed by atoms with Gasteiger partial charge in [0.05, 0.1) is 11.6 Å². The molecule has 0 atom stereocenters. The van der Waals surface area contributed by atoms with Gasteiger partial charge in [0, 0.05) is 5.41 Å². The van der Waals surface area contributed by atoms with Gasteiger partial charge in [-0.3, -0.25) is 0 Å². The van der Waals surface area contributed by atoms with Crippen LogP contribution in [0.4, 0.5) is 0 Å². The minimum absolute atomic E-state index is 0.123. The molecule has 0 bridgehead atoms. The van der Waals surface area contributed by atoms with Crippen LogP contribution in [0.3, 0.4) is 0 Å². The summed E-state index contributed by atoms with van der Waals surface area (Å²) in [4.78, 5) is 0. The Morgan fingerprint density at radius 2 is 1.26 bits per heavy atom. The Morgan fingerprint density at radius 3 is 1.97 bits per heavy atom. The second-order valence-electron chi connectivity index (χ2n) is 10.2. The number of aryl methyl sites for hydroxylation is 1. The SMILES string of the molecule is CC1=Cc2cc(-c3ccc(-c4ccc5c(c4)C(C)(C)c4cc(C#N)ccc4-5)cc3)ccc2CC1. The van der Waals surface area contributed by atoms with Crippen LogP contribution in [0.5, 0.6) is 0 Å². The third kappa shape index (κ3) is 3.22. The molecule has 0 heterocycles. The van der Waals surface area contributed by atoms with E-state index in [2.05, 4.69) is 106 Å². The van der Waals surface area contributed by atoms with E-state index in [4.69, 9.17) is 0 Å². The van der Waals surface area contributed by atoms with Gasteiger partial charge in [-0.15, -0.1) is 0 Å². The van der Waals surface area contributed by atoms with Gasteiger partial charge in [-0.2, -0.15) is 5.26 Å². The Bertz CT molecular complexity index is 1520. The molecule has 1 heteroatoms. The summed E-state index contributed by atoms with van der Waals surface area (Å²) in [5.74, 6) is 0. The lowest BCUT2D eigenvalue weighted by Crippen LogP contribution is -2.15.